The maximum atomic E-state index is 4.79. The van der Waals surface area contributed by atoms with Crippen LogP contribution >= 0.6 is 12.6 Å². The molecule has 0 saturated heterocycles. The van der Waals surface area contributed by atoms with Crippen molar-refractivity contribution in [1.82, 2.24) is 5.16 Å². The molecule has 1 aromatic rings. The van der Waals surface area contributed by atoms with Gasteiger partial charge in [-0.25, -0.2) is 0 Å². The summed E-state index contributed by atoms with van der Waals surface area (Å²) in [5.41, 5.74) is 0.911. The molecule has 0 aliphatic rings. The number of nitrogens with zero attached hydrogens (tertiary/aromatic N) is 1. The molecule has 0 atom stereocenters. The molecular weight excluding hydrogens is 122 g/mol. The lowest BCUT2D eigenvalue weighted by molar-refractivity contribution is 0.391. The first-order valence-corrected chi connectivity index (χ1v) is 2.99. The van der Waals surface area contributed by atoms with Crippen molar-refractivity contribution in [2.24, 2.45) is 0 Å². The second-order valence-electron chi connectivity index (χ2n) is 1.59. The minimum Gasteiger partial charge on any atom is -0.360 e. The Morgan fingerprint density at radius 3 is 2.88 bits per heavy atom. The third-order valence-electron chi connectivity index (χ3n) is 0.833. The molecule has 1 aromatic heterocycles. The van der Waals surface area contributed by atoms with Crippen LogP contribution in [0.2, 0.25) is 0 Å². The van der Waals surface area contributed by atoms with Gasteiger partial charge in [-0.15, -0.1) is 0 Å². The highest BCUT2D eigenvalue weighted by molar-refractivity contribution is 7.79. The molecule has 0 bridgehead atoms. The van der Waals surface area contributed by atoms with Crippen LogP contribution in [0.25, 0.3) is 0 Å². The molecule has 0 aliphatic carbocycles. The van der Waals surface area contributed by atoms with Gasteiger partial charge in [0.1, 0.15) is 5.76 Å². The summed E-state index contributed by atoms with van der Waals surface area (Å²) in [6.07, 6.45) is 0. The zero-order valence-corrected chi connectivity index (χ0v) is 5.48. The number of aryl methyl sites for hydroxylation is 1. The van der Waals surface area contributed by atoms with E-state index in [1.165, 1.54) is 0 Å². The smallest absolute Gasteiger partial charge is 0.146 e. The molecule has 0 N–H and O–H groups in total. The fourth-order valence-electron chi connectivity index (χ4n) is 0.491. The molecule has 1 heterocycles. The van der Waals surface area contributed by atoms with E-state index in [0.717, 1.165) is 11.5 Å². The highest BCUT2D eigenvalue weighted by Gasteiger charge is 1.94. The molecule has 2 nitrogen and oxygen atoms in total. The average molecular weight is 129 g/mol. The van der Waals surface area contributed by atoms with Gasteiger partial charge < -0.3 is 4.52 Å². The van der Waals surface area contributed by atoms with Gasteiger partial charge in [-0.05, 0) is 6.92 Å². The first-order chi connectivity index (χ1) is 3.83. The lowest BCUT2D eigenvalue weighted by Gasteiger charge is -1.76. The highest BCUT2D eigenvalue weighted by atomic mass is 32.1. The van der Waals surface area contributed by atoms with Crippen LogP contribution in [0.3, 0.4) is 0 Å². The predicted molar refractivity (Wildman–Crippen MR) is 33.9 cm³/mol. The first-order valence-electron chi connectivity index (χ1n) is 2.36. The number of thiol groups is 1. The molecule has 0 aromatic carbocycles. The van der Waals surface area contributed by atoms with E-state index < -0.39 is 0 Å². The molecule has 0 aliphatic heterocycles. The number of rotatable bonds is 1. The minimum absolute atomic E-state index is 0.626. The Morgan fingerprint density at radius 1 is 1.88 bits per heavy atom. The zero-order chi connectivity index (χ0) is 5.98. The summed E-state index contributed by atoms with van der Waals surface area (Å²) < 4.78 is 4.79. The minimum atomic E-state index is 0.626. The van der Waals surface area contributed by atoms with Crippen LogP contribution < -0.4 is 0 Å². The van der Waals surface area contributed by atoms with Crippen molar-refractivity contribution in [2.75, 3.05) is 0 Å². The lowest BCUT2D eigenvalue weighted by Crippen LogP contribution is -1.64. The Labute approximate surface area is 53.3 Å². The van der Waals surface area contributed by atoms with E-state index >= 15 is 0 Å². The van der Waals surface area contributed by atoms with Crippen LogP contribution in [0.5, 0.6) is 0 Å². The molecule has 0 amide bonds. The Balaban J connectivity index is 2.84. The van der Waals surface area contributed by atoms with Crippen molar-refractivity contribution in [2.45, 2.75) is 12.7 Å². The Morgan fingerprint density at radius 2 is 2.62 bits per heavy atom. The van der Waals surface area contributed by atoms with Gasteiger partial charge in [0.2, 0.25) is 0 Å². The normalized spacial score (nSPS) is 9.75. The fraction of sp³-hybridized carbons (Fsp3) is 0.400. The molecular formula is C5H7NOS. The number of hydrogen-bond acceptors (Lipinski definition) is 3. The number of hydrogen-bond donors (Lipinski definition) is 1. The van der Waals surface area contributed by atoms with Gasteiger partial charge in [0.25, 0.3) is 0 Å². The van der Waals surface area contributed by atoms with Crippen LogP contribution in [0.4, 0.5) is 0 Å². The van der Waals surface area contributed by atoms with Crippen molar-refractivity contribution in [3.63, 3.8) is 0 Å². The maximum absolute atomic E-state index is 4.79. The topological polar surface area (TPSA) is 26.0 Å². The van der Waals surface area contributed by atoms with E-state index in [1.54, 1.807) is 0 Å². The SMILES string of the molecule is Cc1cc(CS)on1. The summed E-state index contributed by atoms with van der Waals surface area (Å²) in [5.74, 6) is 1.45. The summed E-state index contributed by atoms with van der Waals surface area (Å²) in [7, 11) is 0. The predicted octanol–water partition coefficient (Wildman–Crippen LogP) is 1.41. The van der Waals surface area contributed by atoms with Crippen molar-refractivity contribution < 1.29 is 4.52 Å². The molecule has 0 fully saturated rings. The van der Waals surface area contributed by atoms with Gasteiger partial charge in [-0.3, -0.25) is 0 Å². The van der Waals surface area contributed by atoms with E-state index in [4.69, 9.17) is 4.52 Å². The summed E-state index contributed by atoms with van der Waals surface area (Å²) in [5, 5.41) is 3.66. The molecule has 0 unspecified atom stereocenters. The molecule has 44 valence electrons. The average Bonchev–Trinajstić information content (AvgIpc) is 2.14. The van der Waals surface area contributed by atoms with Crippen molar-refractivity contribution in [3.8, 4) is 0 Å². The molecule has 1 rings (SSSR count). The van der Waals surface area contributed by atoms with Crippen LogP contribution in [-0.4, -0.2) is 5.16 Å². The van der Waals surface area contributed by atoms with Crippen LogP contribution in [-0.2, 0) is 5.75 Å². The summed E-state index contributed by atoms with van der Waals surface area (Å²) >= 11 is 3.99. The molecule has 8 heavy (non-hydrogen) atoms. The summed E-state index contributed by atoms with van der Waals surface area (Å²) in [4.78, 5) is 0. The molecule has 0 radical (unpaired) electrons. The third-order valence-corrected chi connectivity index (χ3v) is 1.14. The van der Waals surface area contributed by atoms with Gasteiger partial charge >= 0.3 is 0 Å². The van der Waals surface area contributed by atoms with Gasteiger partial charge in [-0.2, -0.15) is 12.6 Å². The number of aromatic nitrogens is 1. The van der Waals surface area contributed by atoms with Gasteiger partial charge in [0, 0.05) is 6.07 Å². The Kier molecular flexibility index (Phi) is 1.58. The highest BCUT2D eigenvalue weighted by Crippen LogP contribution is 2.03. The summed E-state index contributed by atoms with van der Waals surface area (Å²) in [6, 6.07) is 1.87. The van der Waals surface area contributed by atoms with Crippen molar-refractivity contribution >= 4 is 12.6 Å². The Hall–Kier alpha value is -0.440. The second-order valence-corrected chi connectivity index (χ2v) is 1.91. The third kappa shape index (κ3) is 1.04. The fourth-order valence-corrected chi connectivity index (χ4v) is 0.640. The Bertz CT molecular complexity index is 173. The quantitative estimate of drug-likeness (QED) is 0.580. The molecule has 0 saturated carbocycles. The first kappa shape index (κ1) is 5.69. The lowest BCUT2D eigenvalue weighted by atomic mass is 10.4. The largest absolute Gasteiger partial charge is 0.360 e. The second kappa shape index (κ2) is 2.22. The van der Waals surface area contributed by atoms with E-state index in [0.29, 0.717) is 5.75 Å². The van der Waals surface area contributed by atoms with Crippen molar-refractivity contribution in [3.05, 3.63) is 17.5 Å². The van der Waals surface area contributed by atoms with Crippen LogP contribution in [0.15, 0.2) is 10.6 Å². The summed E-state index contributed by atoms with van der Waals surface area (Å²) in [6.45, 7) is 1.89. The zero-order valence-electron chi connectivity index (χ0n) is 4.59. The van der Waals surface area contributed by atoms with Gasteiger partial charge in [0.15, 0.2) is 0 Å². The van der Waals surface area contributed by atoms with Gasteiger partial charge in [0.05, 0.1) is 11.4 Å². The maximum Gasteiger partial charge on any atom is 0.146 e. The molecule has 0 spiro atoms. The van der Waals surface area contributed by atoms with E-state index in [9.17, 15) is 0 Å². The van der Waals surface area contributed by atoms with E-state index in [1.807, 2.05) is 13.0 Å². The monoisotopic (exact) mass is 129 g/mol. The van der Waals surface area contributed by atoms with E-state index in [-0.39, 0.29) is 0 Å². The standard InChI is InChI=1S/C5H7NOS/c1-4-2-5(3-8)7-6-4/h2,8H,3H2,1H3. The van der Waals surface area contributed by atoms with Gasteiger partial charge in [-0.1, -0.05) is 5.16 Å². The molecule has 3 heteroatoms. The van der Waals surface area contributed by atoms with Crippen LogP contribution in [0.1, 0.15) is 11.5 Å². The van der Waals surface area contributed by atoms with Crippen LogP contribution in [0, 0.1) is 6.92 Å². The van der Waals surface area contributed by atoms with E-state index in [2.05, 4.69) is 17.8 Å². The van der Waals surface area contributed by atoms with Crippen molar-refractivity contribution in [1.29, 1.82) is 0 Å².